The number of fused-ring (bicyclic) bond motifs is 2. The van der Waals surface area contributed by atoms with Crippen molar-refractivity contribution in [3.63, 3.8) is 0 Å². The van der Waals surface area contributed by atoms with E-state index in [1.165, 1.54) is 33.2 Å². The van der Waals surface area contributed by atoms with Crippen molar-refractivity contribution in [3.8, 4) is 11.1 Å². The standard InChI is InChI=1S/C25H26N2OS/c29-25-10-9-20-6-8-23(22-7-5-19-3-1-2-4-21(19)17-22)18-24(20)27(25)12-11-26-13-15-28-16-14-26/h1-8,17-18H,9-16H2. The average molecular weight is 403 g/mol. The second kappa shape index (κ2) is 8.23. The van der Waals surface area contributed by atoms with Crippen LogP contribution >= 0.6 is 12.2 Å². The number of ether oxygens (including phenoxy) is 1. The van der Waals surface area contributed by atoms with E-state index in [-0.39, 0.29) is 0 Å². The molecule has 0 atom stereocenters. The first-order valence-electron chi connectivity index (χ1n) is 10.5. The van der Waals surface area contributed by atoms with Gasteiger partial charge in [-0.05, 0) is 46.0 Å². The van der Waals surface area contributed by atoms with Gasteiger partial charge in [0.25, 0.3) is 0 Å². The lowest BCUT2D eigenvalue weighted by atomic mass is 9.95. The van der Waals surface area contributed by atoms with Gasteiger partial charge >= 0.3 is 0 Å². The highest BCUT2D eigenvalue weighted by molar-refractivity contribution is 7.80. The minimum Gasteiger partial charge on any atom is -0.379 e. The van der Waals surface area contributed by atoms with Gasteiger partial charge in [-0.25, -0.2) is 0 Å². The number of hydrogen-bond acceptors (Lipinski definition) is 3. The van der Waals surface area contributed by atoms with Crippen molar-refractivity contribution in [2.24, 2.45) is 0 Å². The van der Waals surface area contributed by atoms with Crippen LogP contribution in [-0.2, 0) is 11.2 Å². The van der Waals surface area contributed by atoms with Gasteiger partial charge in [-0.2, -0.15) is 0 Å². The molecule has 0 aromatic heterocycles. The molecule has 5 rings (SSSR count). The first-order valence-corrected chi connectivity index (χ1v) is 10.9. The van der Waals surface area contributed by atoms with Crippen LogP contribution in [0.2, 0.25) is 0 Å². The van der Waals surface area contributed by atoms with Gasteiger partial charge in [0.2, 0.25) is 0 Å². The summed E-state index contributed by atoms with van der Waals surface area (Å²) >= 11 is 5.78. The molecule has 3 aromatic carbocycles. The molecule has 0 N–H and O–H groups in total. The molecule has 0 unspecified atom stereocenters. The Hall–Kier alpha value is -2.27. The molecule has 1 fully saturated rings. The van der Waals surface area contributed by atoms with Gasteiger partial charge in [0.15, 0.2) is 0 Å². The maximum Gasteiger partial charge on any atom is 0.0827 e. The number of rotatable bonds is 4. The van der Waals surface area contributed by atoms with Crippen molar-refractivity contribution in [3.05, 3.63) is 66.2 Å². The summed E-state index contributed by atoms with van der Waals surface area (Å²) in [5.41, 5.74) is 5.22. The average Bonchev–Trinajstić information content (AvgIpc) is 2.78. The first-order chi connectivity index (χ1) is 14.3. The first kappa shape index (κ1) is 18.7. The van der Waals surface area contributed by atoms with E-state index in [0.717, 1.165) is 57.2 Å². The summed E-state index contributed by atoms with van der Waals surface area (Å²) in [4.78, 5) is 5.92. The molecule has 2 aliphatic rings. The number of anilines is 1. The summed E-state index contributed by atoms with van der Waals surface area (Å²) in [7, 11) is 0. The van der Waals surface area contributed by atoms with E-state index in [9.17, 15) is 0 Å². The Labute approximate surface area is 177 Å². The highest BCUT2D eigenvalue weighted by Gasteiger charge is 2.23. The largest absolute Gasteiger partial charge is 0.379 e. The van der Waals surface area contributed by atoms with Gasteiger partial charge in [-0.15, -0.1) is 0 Å². The van der Waals surface area contributed by atoms with Crippen molar-refractivity contribution < 1.29 is 4.74 Å². The fraction of sp³-hybridized carbons (Fsp3) is 0.320. The Morgan fingerprint density at radius 3 is 2.41 bits per heavy atom. The number of thiocarbonyl (C=S) groups is 1. The molecule has 2 heterocycles. The minimum atomic E-state index is 0.840. The zero-order valence-corrected chi connectivity index (χ0v) is 17.5. The van der Waals surface area contributed by atoms with Gasteiger partial charge in [0.05, 0.1) is 18.2 Å². The molecule has 2 aliphatic heterocycles. The molecule has 0 radical (unpaired) electrons. The molecule has 29 heavy (non-hydrogen) atoms. The minimum absolute atomic E-state index is 0.840. The van der Waals surface area contributed by atoms with Crippen molar-refractivity contribution in [1.29, 1.82) is 0 Å². The zero-order valence-electron chi connectivity index (χ0n) is 16.6. The molecule has 3 nitrogen and oxygen atoms in total. The molecule has 0 bridgehead atoms. The monoisotopic (exact) mass is 402 g/mol. The predicted octanol–water partition coefficient (Wildman–Crippen LogP) is 4.92. The maximum absolute atomic E-state index is 5.78. The fourth-order valence-corrected chi connectivity index (χ4v) is 4.69. The highest BCUT2D eigenvalue weighted by Crippen LogP contribution is 2.34. The van der Waals surface area contributed by atoms with E-state index in [0.29, 0.717) is 0 Å². The van der Waals surface area contributed by atoms with E-state index in [2.05, 4.69) is 70.5 Å². The molecule has 148 valence electrons. The third-order valence-electron chi connectivity index (χ3n) is 6.11. The van der Waals surface area contributed by atoms with Gasteiger partial charge in [-0.3, -0.25) is 4.90 Å². The molecule has 0 aliphatic carbocycles. The second-order valence-corrected chi connectivity index (χ2v) is 8.38. The van der Waals surface area contributed by atoms with Crippen LogP contribution in [0.3, 0.4) is 0 Å². The van der Waals surface area contributed by atoms with Crippen LogP contribution < -0.4 is 4.90 Å². The fourth-order valence-electron chi connectivity index (χ4n) is 4.40. The Morgan fingerprint density at radius 1 is 0.793 bits per heavy atom. The predicted molar refractivity (Wildman–Crippen MR) is 125 cm³/mol. The quantitative estimate of drug-likeness (QED) is 0.576. The highest BCUT2D eigenvalue weighted by atomic mass is 32.1. The Balaban J connectivity index is 1.44. The van der Waals surface area contributed by atoms with Crippen LogP contribution in [0.4, 0.5) is 5.69 Å². The second-order valence-electron chi connectivity index (χ2n) is 7.90. The summed E-state index contributed by atoms with van der Waals surface area (Å²) in [6.45, 7) is 5.70. The summed E-state index contributed by atoms with van der Waals surface area (Å²) < 4.78 is 5.48. The summed E-state index contributed by atoms with van der Waals surface area (Å²) in [5, 5.41) is 2.56. The maximum atomic E-state index is 5.78. The third kappa shape index (κ3) is 3.93. The lowest BCUT2D eigenvalue weighted by molar-refractivity contribution is 0.0394. The summed E-state index contributed by atoms with van der Waals surface area (Å²) in [5.74, 6) is 0. The number of aryl methyl sites for hydroxylation is 1. The number of nitrogens with zero attached hydrogens (tertiary/aromatic N) is 2. The third-order valence-corrected chi connectivity index (χ3v) is 6.54. The van der Waals surface area contributed by atoms with E-state index >= 15 is 0 Å². The Kier molecular flexibility index (Phi) is 5.32. The van der Waals surface area contributed by atoms with Crippen LogP contribution in [0.5, 0.6) is 0 Å². The number of benzene rings is 3. The molecule has 1 saturated heterocycles. The summed E-state index contributed by atoms with van der Waals surface area (Å²) in [6, 6.07) is 22.2. The van der Waals surface area contributed by atoms with Crippen molar-refractivity contribution in [2.45, 2.75) is 12.8 Å². The van der Waals surface area contributed by atoms with Gasteiger partial charge in [0.1, 0.15) is 0 Å². The van der Waals surface area contributed by atoms with E-state index in [1.54, 1.807) is 0 Å². The lowest BCUT2D eigenvalue weighted by Gasteiger charge is -2.35. The lowest BCUT2D eigenvalue weighted by Crippen LogP contribution is -2.44. The van der Waals surface area contributed by atoms with Crippen molar-refractivity contribution in [1.82, 2.24) is 4.90 Å². The summed E-state index contributed by atoms with van der Waals surface area (Å²) in [6.07, 6.45) is 2.01. The Morgan fingerprint density at radius 2 is 1.55 bits per heavy atom. The van der Waals surface area contributed by atoms with E-state index in [4.69, 9.17) is 17.0 Å². The van der Waals surface area contributed by atoms with E-state index in [1.807, 2.05) is 0 Å². The SMILES string of the molecule is S=C1CCc2ccc(-c3ccc4ccccc4c3)cc2N1CCN1CCOCC1. The smallest absolute Gasteiger partial charge is 0.0827 e. The van der Waals surface area contributed by atoms with Crippen molar-refractivity contribution >= 4 is 33.7 Å². The number of morpholine rings is 1. The normalized spacial score (nSPS) is 17.5. The number of hydrogen-bond donors (Lipinski definition) is 0. The van der Waals surface area contributed by atoms with Gasteiger partial charge in [0, 0.05) is 38.3 Å². The molecule has 0 saturated carbocycles. The topological polar surface area (TPSA) is 15.7 Å². The van der Waals surface area contributed by atoms with Crippen LogP contribution in [-0.4, -0.2) is 49.3 Å². The molecule has 3 aromatic rings. The molecular weight excluding hydrogens is 376 g/mol. The molecular formula is C25H26N2OS. The van der Waals surface area contributed by atoms with E-state index < -0.39 is 0 Å². The van der Waals surface area contributed by atoms with Crippen LogP contribution in [0, 0.1) is 0 Å². The van der Waals surface area contributed by atoms with Gasteiger partial charge < -0.3 is 9.64 Å². The van der Waals surface area contributed by atoms with Gasteiger partial charge in [-0.1, -0.05) is 60.7 Å². The van der Waals surface area contributed by atoms with Crippen molar-refractivity contribution in [2.75, 3.05) is 44.3 Å². The molecule has 0 spiro atoms. The molecule has 4 heteroatoms. The van der Waals surface area contributed by atoms with Crippen LogP contribution in [0.15, 0.2) is 60.7 Å². The molecule has 0 amide bonds. The zero-order chi connectivity index (χ0) is 19.6. The van der Waals surface area contributed by atoms with Crippen LogP contribution in [0.1, 0.15) is 12.0 Å². The Bertz CT molecular complexity index is 1040. The van der Waals surface area contributed by atoms with Crippen LogP contribution in [0.25, 0.3) is 21.9 Å².